The van der Waals surface area contributed by atoms with Crippen molar-refractivity contribution in [2.45, 2.75) is 19.4 Å². The fourth-order valence-electron chi connectivity index (χ4n) is 3.06. The molecule has 0 saturated carbocycles. The summed E-state index contributed by atoms with van der Waals surface area (Å²) in [5.74, 6) is 0.548. The average molecular weight is 387 g/mol. The number of benzene rings is 2. The van der Waals surface area contributed by atoms with Crippen molar-refractivity contribution in [2.24, 2.45) is 5.10 Å². The topological polar surface area (TPSA) is 88.1 Å². The van der Waals surface area contributed by atoms with Gasteiger partial charge in [0.2, 0.25) is 15.9 Å². The van der Waals surface area contributed by atoms with E-state index in [0.29, 0.717) is 17.9 Å². The minimum Gasteiger partial charge on any atom is -0.497 e. The molecule has 3 rings (SSSR count). The molecule has 0 aliphatic carbocycles. The third kappa shape index (κ3) is 4.46. The first-order valence-corrected chi connectivity index (χ1v) is 10.3. The second-order valence-electron chi connectivity index (χ2n) is 6.36. The van der Waals surface area contributed by atoms with E-state index in [4.69, 9.17) is 4.74 Å². The van der Waals surface area contributed by atoms with E-state index in [0.717, 1.165) is 23.1 Å². The largest absolute Gasteiger partial charge is 0.497 e. The van der Waals surface area contributed by atoms with Crippen molar-refractivity contribution in [3.8, 4) is 5.75 Å². The Morgan fingerprint density at radius 2 is 1.96 bits per heavy atom. The Balaban J connectivity index is 1.92. The van der Waals surface area contributed by atoms with E-state index in [-0.39, 0.29) is 11.9 Å². The maximum absolute atomic E-state index is 12.1. The van der Waals surface area contributed by atoms with Crippen LogP contribution in [-0.4, -0.2) is 38.4 Å². The number of methoxy groups -OCH3 is 1. The number of nitrogens with zero attached hydrogens (tertiary/aromatic N) is 2. The van der Waals surface area contributed by atoms with Crippen LogP contribution in [0.25, 0.3) is 0 Å². The summed E-state index contributed by atoms with van der Waals surface area (Å²) >= 11 is 0. The van der Waals surface area contributed by atoms with Gasteiger partial charge in [0.1, 0.15) is 5.75 Å². The van der Waals surface area contributed by atoms with Crippen molar-refractivity contribution < 1.29 is 17.9 Å². The van der Waals surface area contributed by atoms with Crippen molar-refractivity contribution in [1.82, 2.24) is 5.01 Å². The molecule has 1 aliphatic rings. The number of hydrazone groups is 1. The third-order valence-electron chi connectivity index (χ3n) is 4.21. The standard InChI is InChI=1S/C19H21N3O4S/c1-13(23)22-19(15-7-5-9-17(11-15)26-2)12-18(20-22)14-6-4-8-16(10-14)21-27(3,24)25/h4-11,19,21H,12H2,1-3H3/t19-/m0/s1. The van der Waals surface area contributed by atoms with E-state index < -0.39 is 10.0 Å². The molecule has 1 heterocycles. The zero-order chi connectivity index (χ0) is 19.6. The minimum absolute atomic E-state index is 0.164. The van der Waals surface area contributed by atoms with Crippen molar-refractivity contribution in [1.29, 1.82) is 0 Å². The Kier molecular flexibility index (Phi) is 5.18. The van der Waals surface area contributed by atoms with Crippen LogP contribution in [0.15, 0.2) is 53.6 Å². The zero-order valence-electron chi connectivity index (χ0n) is 15.3. The normalized spacial score (nSPS) is 16.8. The molecule has 2 aromatic carbocycles. The number of rotatable bonds is 5. The number of anilines is 1. The number of amides is 1. The SMILES string of the molecule is COc1cccc([C@@H]2CC(c3cccc(NS(C)(=O)=O)c3)=NN2C(C)=O)c1. The predicted octanol–water partition coefficient (Wildman–Crippen LogP) is 2.76. The maximum atomic E-state index is 12.1. The van der Waals surface area contributed by atoms with Crippen LogP contribution in [0, 0.1) is 0 Å². The van der Waals surface area contributed by atoms with Crippen molar-refractivity contribution in [3.05, 3.63) is 59.7 Å². The maximum Gasteiger partial charge on any atom is 0.240 e. The average Bonchev–Trinajstić information content (AvgIpc) is 3.06. The fraction of sp³-hybridized carbons (Fsp3) is 0.263. The minimum atomic E-state index is -3.37. The molecule has 0 spiro atoms. The second kappa shape index (κ2) is 7.40. The van der Waals surface area contributed by atoms with E-state index >= 15 is 0 Å². The van der Waals surface area contributed by atoms with E-state index in [9.17, 15) is 13.2 Å². The molecule has 0 saturated heterocycles. The molecule has 0 fully saturated rings. The molecular formula is C19H21N3O4S. The van der Waals surface area contributed by atoms with Crippen LogP contribution < -0.4 is 9.46 Å². The highest BCUT2D eigenvalue weighted by atomic mass is 32.2. The Bertz CT molecular complexity index is 1000. The first-order chi connectivity index (χ1) is 12.8. The zero-order valence-corrected chi connectivity index (χ0v) is 16.2. The third-order valence-corrected chi connectivity index (χ3v) is 4.82. The summed E-state index contributed by atoms with van der Waals surface area (Å²) in [4.78, 5) is 12.1. The van der Waals surface area contributed by atoms with Crippen LogP contribution in [-0.2, 0) is 14.8 Å². The number of carbonyl (C=O) groups excluding carboxylic acids is 1. The van der Waals surface area contributed by atoms with Gasteiger partial charge in [-0.3, -0.25) is 9.52 Å². The summed E-state index contributed by atoms with van der Waals surface area (Å²) in [6.07, 6.45) is 1.62. The Morgan fingerprint density at radius 3 is 2.63 bits per heavy atom. The molecule has 1 amide bonds. The van der Waals surface area contributed by atoms with Gasteiger partial charge in [-0.05, 0) is 35.4 Å². The number of ether oxygens (including phenoxy) is 1. The Labute approximate surface area is 158 Å². The van der Waals surface area contributed by atoms with Gasteiger partial charge in [0.15, 0.2) is 0 Å². The van der Waals surface area contributed by atoms with Gasteiger partial charge in [-0.25, -0.2) is 13.4 Å². The van der Waals surface area contributed by atoms with E-state index in [1.165, 1.54) is 11.9 Å². The summed E-state index contributed by atoms with van der Waals surface area (Å²) in [7, 11) is -1.78. The van der Waals surface area contributed by atoms with Gasteiger partial charge < -0.3 is 4.74 Å². The molecule has 1 N–H and O–H groups in total. The molecule has 142 valence electrons. The summed E-state index contributed by atoms with van der Waals surface area (Å²) < 4.78 is 30.7. The summed E-state index contributed by atoms with van der Waals surface area (Å²) in [5.41, 5.74) is 2.86. The van der Waals surface area contributed by atoms with Crippen LogP contribution in [0.2, 0.25) is 0 Å². The van der Waals surface area contributed by atoms with Crippen LogP contribution in [0.3, 0.4) is 0 Å². The highest BCUT2D eigenvalue weighted by Gasteiger charge is 2.31. The molecule has 27 heavy (non-hydrogen) atoms. The second-order valence-corrected chi connectivity index (χ2v) is 8.11. The smallest absolute Gasteiger partial charge is 0.240 e. The first-order valence-electron chi connectivity index (χ1n) is 8.36. The lowest BCUT2D eigenvalue weighted by Gasteiger charge is -2.20. The predicted molar refractivity (Wildman–Crippen MR) is 104 cm³/mol. The van der Waals surface area contributed by atoms with E-state index in [1.54, 1.807) is 25.3 Å². The van der Waals surface area contributed by atoms with Gasteiger partial charge in [-0.2, -0.15) is 5.10 Å². The quantitative estimate of drug-likeness (QED) is 0.854. The summed E-state index contributed by atoms with van der Waals surface area (Å²) in [6.45, 7) is 1.47. The van der Waals surface area contributed by atoms with Gasteiger partial charge in [-0.1, -0.05) is 24.3 Å². The van der Waals surface area contributed by atoms with Gasteiger partial charge in [0.25, 0.3) is 0 Å². The Hall–Kier alpha value is -2.87. The number of carbonyl (C=O) groups is 1. The number of sulfonamides is 1. The molecular weight excluding hydrogens is 366 g/mol. The van der Waals surface area contributed by atoms with E-state index in [2.05, 4.69) is 9.82 Å². The van der Waals surface area contributed by atoms with Crippen molar-refractivity contribution in [3.63, 3.8) is 0 Å². The van der Waals surface area contributed by atoms with Crippen LogP contribution >= 0.6 is 0 Å². The number of hydrogen-bond acceptors (Lipinski definition) is 5. The van der Waals surface area contributed by atoms with E-state index in [1.807, 2.05) is 30.3 Å². The van der Waals surface area contributed by atoms with Gasteiger partial charge in [-0.15, -0.1) is 0 Å². The monoisotopic (exact) mass is 387 g/mol. The molecule has 1 aliphatic heterocycles. The molecule has 0 radical (unpaired) electrons. The molecule has 0 aromatic heterocycles. The molecule has 0 unspecified atom stereocenters. The molecule has 0 bridgehead atoms. The molecule has 7 nitrogen and oxygen atoms in total. The lowest BCUT2D eigenvalue weighted by atomic mass is 9.98. The van der Waals surface area contributed by atoms with Crippen LogP contribution in [0.5, 0.6) is 5.75 Å². The van der Waals surface area contributed by atoms with Crippen molar-refractivity contribution >= 4 is 27.3 Å². The molecule has 1 atom stereocenters. The van der Waals surface area contributed by atoms with Gasteiger partial charge in [0, 0.05) is 19.0 Å². The van der Waals surface area contributed by atoms with Crippen LogP contribution in [0.4, 0.5) is 5.69 Å². The highest BCUT2D eigenvalue weighted by Crippen LogP contribution is 2.34. The lowest BCUT2D eigenvalue weighted by molar-refractivity contribution is -0.130. The molecule has 8 heteroatoms. The van der Waals surface area contributed by atoms with Gasteiger partial charge >= 0.3 is 0 Å². The Morgan fingerprint density at radius 1 is 1.22 bits per heavy atom. The van der Waals surface area contributed by atoms with Gasteiger partial charge in [0.05, 0.1) is 25.1 Å². The lowest BCUT2D eigenvalue weighted by Crippen LogP contribution is -2.24. The number of nitrogens with one attached hydrogen (secondary N) is 1. The summed E-state index contributed by atoms with van der Waals surface area (Å²) in [5, 5.41) is 5.95. The molecule has 2 aromatic rings. The number of hydrogen-bond donors (Lipinski definition) is 1. The fourth-order valence-corrected chi connectivity index (χ4v) is 3.61. The van der Waals surface area contributed by atoms with Crippen LogP contribution in [0.1, 0.15) is 30.5 Å². The summed E-state index contributed by atoms with van der Waals surface area (Å²) in [6, 6.07) is 14.3. The van der Waals surface area contributed by atoms with Crippen molar-refractivity contribution in [2.75, 3.05) is 18.1 Å². The first kappa shape index (κ1) is 18.9. The highest BCUT2D eigenvalue weighted by molar-refractivity contribution is 7.92.